The van der Waals surface area contributed by atoms with E-state index in [2.05, 4.69) is 115 Å². The predicted molar refractivity (Wildman–Crippen MR) is 167 cm³/mol. The fourth-order valence-corrected chi connectivity index (χ4v) is 6.18. The van der Waals surface area contributed by atoms with E-state index < -0.39 is 0 Å². The Balaban J connectivity index is 1.41. The van der Waals surface area contributed by atoms with Crippen LogP contribution in [0.5, 0.6) is 5.75 Å². The van der Waals surface area contributed by atoms with Gasteiger partial charge in [-0.3, -0.25) is 0 Å². The van der Waals surface area contributed by atoms with Gasteiger partial charge in [0.05, 0.1) is 0 Å². The molecule has 8 rings (SSSR count). The molecule has 0 saturated heterocycles. The molecular weight excluding hydrogens is 488 g/mol. The zero-order chi connectivity index (χ0) is 26.6. The molecule has 1 heterocycles. The van der Waals surface area contributed by atoms with Crippen LogP contribution >= 0.6 is 0 Å². The van der Waals surface area contributed by atoms with Crippen LogP contribution in [0.1, 0.15) is 0 Å². The average Bonchev–Trinajstić information content (AvgIpc) is 3.39. The molecular formula is C38H24O2. The van der Waals surface area contributed by atoms with Crippen LogP contribution in [0.4, 0.5) is 0 Å². The van der Waals surface area contributed by atoms with Crippen LogP contribution in [0, 0.1) is 0 Å². The molecule has 2 heteroatoms. The second-order valence-electron chi connectivity index (χ2n) is 10.2. The number of fused-ring (bicyclic) bond motifs is 5. The van der Waals surface area contributed by atoms with Gasteiger partial charge >= 0.3 is 0 Å². The van der Waals surface area contributed by atoms with Crippen LogP contribution in [-0.4, -0.2) is 5.11 Å². The first-order valence-corrected chi connectivity index (χ1v) is 13.5. The predicted octanol–water partition coefficient (Wildman–Crippen LogP) is 10.6. The van der Waals surface area contributed by atoms with E-state index in [1.54, 1.807) is 12.1 Å². The highest BCUT2D eigenvalue weighted by atomic mass is 16.3. The smallest absolute Gasteiger partial charge is 0.143 e. The summed E-state index contributed by atoms with van der Waals surface area (Å²) in [6.07, 6.45) is 0. The van der Waals surface area contributed by atoms with E-state index in [0.717, 1.165) is 38.6 Å². The summed E-state index contributed by atoms with van der Waals surface area (Å²) >= 11 is 0. The average molecular weight is 513 g/mol. The van der Waals surface area contributed by atoms with Crippen molar-refractivity contribution >= 4 is 43.5 Å². The molecule has 0 bridgehead atoms. The van der Waals surface area contributed by atoms with Gasteiger partial charge in [-0.05, 0) is 73.6 Å². The number of para-hydroxylation sites is 1. The number of phenolic OH excluding ortho intramolecular Hbond substituents is 1. The second kappa shape index (κ2) is 8.86. The van der Waals surface area contributed by atoms with Crippen molar-refractivity contribution in [3.05, 3.63) is 140 Å². The summed E-state index contributed by atoms with van der Waals surface area (Å²) in [7, 11) is 0. The molecule has 40 heavy (non-hydrogen) atoms. The largest absolute Gasteiger partial charge is 0.508 e. The molecule has 1 N–H and O–H groups in total. The number of hydrogen-bond donors (Lipinski definition) is 1. The van der Waals surface area contributed by atoms with E-state index in [-0.39, 0.29) is 5.75 Å². The van der Waals surface area contributed by atoms with Crippen LogP contribution in [0.25, 0.3) is 76.9 Å². The van der Waals surface area contributed by atoms with Crippen LogP contribution in [0.2, 0.25) is 0 Å². The minimum Gasteiger partial charge on any atom is -0.508 e. The molecule has 0 amide bonds. The van der Waals surface area contributed by atoms with E-state index in [0.29, 0.717) is 0 Å². The van der Waals surface area contributed by atoms with Gasteiger partial charge in [0.15, 0.2) is 0 Å². The van der Waals surface area contributed by atoms with Crippen LogP contribution in [0.15, 0.2) is 144 Å². The van der Waals surface area contributed by atoms with Crippen molar-refractivity contribution in [1.82, 2.24) is 0 Å². The normalized spacial score (nSPS) is 11.6. The first kappa shape index (κ1) is 22.6. The van der Waals surface area contributed by atoms with E-state index in [9.17, 15) is 5.11 Å². The van der Waals surface area contributed by atoms with E-state index in [1.807, 2.05) is 12.1 Å². The Kier molecular flexibility index (Phi) is 5.01. The molecule has 0 aliphatic heterocycles. The molecule has 0 aliphatic carbocycles. The lowest BCUT2D eigenvalue weighted by molar-refractivity contribution is 0.475. The van der Waals surface area contributed by atoms with Crippen molar-refractivity contribution in [3.8, 4) is 39.1 Å². The number of aromatic hydroxyl groups is 1. The SMILES string of the molecule is Oc1ccc(-c2cccc3c2oc2cc(-c4c5ccccc5c(-c5ccccc5)c5ccccc45)ccc23)cc1. The van der Waals surface area contributed by atoms with Crippen molar-refractivity contribution in [2.24, 2.45) is 0 Å². The molecule has 0 saturated carbocycles. The van der Waals surface area contributed by atoms with E-state index in [4.69, 9.17) is 4.42 Å². The molecule has 0 atom stereocenters. The highest BCUT2D eigenvalue weighted by Crippen LogP contribution is 2.45. The Labute approximate surface area is 231 Å². The third-order valence-corrected chi connectivity index (χ3v) is 7.96. The monoisotopic (exact) mass is 512 g/mol. The number of rotatable bonds is 3. The molecule has 7 aromatic carbocycles. The fraction of sp³-hybridized carbons (Fsp3) is 0. The van der Waals surface area contributed by atoms with Gasteiger partial charge in [0.25, 0.3) is 0 Å². The third-order valence-electron chi connectivity index (χ3n) is 7.96. The number of furan rings is 1. The van der Waals surface area contributed by atoms with Crippen molar-refractivity contribution < 1.29 is 9.52 Å². The van der Waals surface area contributed by atoms with Crippen molar-refractivity contribution in [2.75, 3.05) is 0 Å². The maximum absolute atomic E-state index is 9.78. The quantitative estimate of drug-likeness (QED) is 0.239. The first-order chi connectivity index (χ1) is 19.8. The summed E-state index contributed by atoms with van der Waals surface area (Å²) in [5.74, 6) is 0.253. The first-order valence-electron chi connectivity index (χ1n) is 13.5. The van der Waals surface area contributed by atoms with Gasteiger partial charge in [-0.25, -0.2) is 0 Å². The number of benzene rings is 7. The van der Waals surface area contributed by atoms with Gasteiger partial charge in [-0.15, -0.1) is 0 Å². The molecule has 1 aromatic heterocycles. The highest BCUT2D eigenvalue weighted by Gasteiger charge is 2.18. The van der Waals surface area contributed by atoms with Crippen molar-refractivity contribution in [1.29, 1.82) is 0 Å². The van der Waals surface area contributed by atoms with Gasteiger partial charge in [0.2, 0.25) is 0 Å². The Morgan fingerprint density at radius 3 is 1.60 bits per heavy atom. The fourth-order valence-electron chi connectivity index (χ4n) is 6.18. The summed E-state index contributed by atoms with van der Waals surface area (Å²) in [5.41, 5.74) is 8.56. The Bertz CT molecular complexity index is 2150. The topological polar surface area (TPSA) is 33.4 Å². The number of phenols is 1. The van der Waals surface area contributed by atoms with Gasteiger partial charge in [0.1, 0.15) is 16.9 Å². The maximum Gasteiger partial charge on any atom is 0.143 e. The molecule has 188 valence electrons. The Morgan fingerprint density at radius 2 is 0.950 bits per heavy atom. The molecule has 0 aliphatic rings. The zero-order valence-electron chi connectivity index (χ0n) is 21.6. The molecule has 0 unspecified atom stereocenters. The van der Waals surface area contributed by atoms with Crippen molar-refractivity contribution in [3.63, 3.8) is 0 Å². The minimum atomic E-state index is 0.253. The van der Waals surface area contributed by atoms with Gasteiger partial charge in [0, 0.05) is 16.3 Å². The zero-order valence-corrected chi connectivity index (χ0v) is 21.6. The van der Waals surface area contributed by atoms with E-state index in [1.165, 1.54) is 38.2 Å². The summed E-state index contributed by atoms with van der Waals surface area (Å²) in [4.78, 5) is 0. The lowest BCUT2D eigenvalue weighted by atomic mass is 9.86. The lowest BCUT2D eigenvalue weighted by Gasteiger charge is -2.17. The second-order valence-corrected chi connectivity index (χ2v) is 10.2. The van der Waals surface area contributed by atoms with Gasteiger partial charge in [-0.1, -0.05) is 115 Å². The molecule has 0 spiro atoms. The Hall–Kier alpha value is -5.34. The highest BCUT2D eigenvalue weighted by molar-refractivity contribution is 6.22. The van der Waals surface area contributed by atoms with Crippen LogP contribution in [-0.2, 0) is 0 Å². The Morgan fingerprint density at radius 1 is 0.400 bits per heavy atom. The summed E-state index contributed by atoms with van der Waals surface area (Å²) in [6.45, 7) is 0. The summed E-state index contributed by atoms with van der Waals surface area (Å²) in [5, 5.41) is 16.9. The van der Waals surface area contributed by atoms with E-state index >= 15 is 0 Å². The molecule has 0 radical (unpaired) electrons. The maximum atomic E-state index is 9.78. The van der Waals surface area contributed by atoms with Gasteiger partial charge in [-0.2, -0.15) is 0 Å². The molecule has 8 aromatic rings. The summed E-state index contributed by atoms with van der Waals surface area (Å²) in [6, 6.07) is 48.2. The van der Waals surface area contributed by atoms with Crippen molar-refractivity contribution in [2.45, 2.75) is 0 Å². The minimum absolute atomic E-state index is 0.253. The third kappa shape index (κ3) is 3.43. The summed E-state index contributed by atoms with van der Waals surface area (Å²) < 4.78 is 6.59. The molecule has 2 nitrogen and oxygen atoms in total. The molecule has 0 fully saturated rings. The standard InChI is InChI=1S/C38H24O2/c39-27-20-17-24(18-21-27)28-15-8-16-34-29-22-19-26(23-35(29)40-38(28)34)37-32-13-6-4-11-30(32)36(25-9-2-1-3-10-25)31-12-5-7-14-33(31)37/h1-23,39H. The van der Waals surface area contributed by atoms with Crippen LogP contribution in [0.3, 0.4) is 0 Å². The lowest BCUT2D eigenvalue weighted by Crippen LogP contribution is -1.90. The number of hydrogen-bond acceptors (Lipinski definition) is 2. The van der Waals surface area contributed by atoms with Gasteiger partial charge < -0.3 is 9.52 Å². The van der Waals surface area contributed by atoms with Crippen LogP contribution < -0.4 is 0 Å².